The number of hydrogen-bond donors (Lipinski definition) is 1. The molecular formula is C13H14F2O. The third kappa shape index (κ3) is 1.94. The molecule has 2 unspecified atom stereocenters. The van der Waals surface area contributed by atoms with Gasteiger partial charge in [0.05, 0.1) is 0 Å². The van der Waals surface area contributed by atoms with Crippen LogP contribution in [0.25, 0.3) is 0 Å². The topological polar surface area (TPSA) is 20.2 Å². The summed E-state index contributed by atoms with van der Waals surface area (Å²) in [5.41, 5.74) is 0.332. The van der Waals surface area contributed by atoms with Gasteiger partial charge < -0.3 is 5.11 Å². The molecule has 1 nitrogen and oxygen atoms in total. The predicted octanol–water partition coefficient (Wildman–Crippen LogP) is 3.74. The van der Waals surface area contributed by atoms with Crippen molar-refractivity contribution in [3.05, 3.63) is 41.5 Å². The maximum absolute atomic E-state index is 13.6. The Bertz CT molecular complexity index is 426. The van der Waals surface area contributed by atoms with Gasteiger partial charge in [0.2, 0.25) is 5.82 Å². The number of halogens is 2. The van der Waals surface area contributed by atoms with E-state index in [-0.39, 0.29) is 5.92 Å². The summed E-state index contributed by atoms with van der Waals surface area (Å²) in [5.74, 6) is -2.28. The largest absolute Gasteiger partial charge is 0.505 e. The standard InChI is InChI=1S/C13H14F2O/c1-8-2-4-9(5-3-8)10-6-7-11(16)13(15)12(10)14/h2,4,6-9,16H,3,5H2,1H3. The van der Waals surface area contributed by atoms with E-state index in [1.54, 1.807) is 0 Å². The van der Waals surface area contributed by atoms with Crippen molar-refractivity contribution in [2.24, 2.45) is 5.92 Å². The van der Waals surface area contributed by atoms with Crippen LogP contribution in [0.4, 0.5) is 8.78 Å². The molecule has 1 N–H and O–H groups in total. The monoisotopic (exact) mass is 224 g/mol. The molecule has 0 aliphatic heterocycles. The molecule has 1 aliphatic carbocycles. The highest BCUT2D eigenvalue weighted by Gasteiger charge is 2.21. The number of benzene rings is 1. The van der Waals surface area contributed by atoms with E-state index in [0.29, 0.717) is 11.5 Å². The average molecular weight is 224 g/mol. The second-order valence-electron chi connectivity index (χ2n) is 4.35. The SMILES string of the molecule is CC1C=CC(c2ccc(O)c(F)c2F)CC1. The van der Waals surface area contributed by atoms with Crippen LogP contribution in [0, 0.1) is 17.6 Å². The van der Waals surface area contributed by atoms with Crippen LogP contribution in [0.15, 0.2) is 24.3 Å². The molecule has 0 bridgehead atoms. The number of rotatable bonds is 1. The Morgan fingerprint density at radius 3 is 2.50 bits per heavy atom. The molecule has 0 saturated carbocycles. The Labute approximate surface area is 93.4 Å². The molecule has 0 amide bonds. The third-order valence-corrected chi connectivity index (χ3v) is 3.10. The molecule has 1 aromatic rings. The highest BCUT2D eigenvalue weighted by molar-refractivity contribution is 5.34. The molecular weight excluding hydrogens is 210 g/mol. The van der Waals surface area contributed by atoms with Crippen LogP contribution < -0.4 is 0 Å². The number of aromatic hydroxyl groups is 1. The first-order valence-corrected chi connectivity index (χ1v) is 5.44. The van der Waals surface area contributed by atoms with Gasteiger partial charge in [0, 0.05) is 5.92 Å². The van der Waals surface area contributed by atoms with Crippen LogP contribution in [0.1, 0.15) is 31.2 Å². The molecule has 86 valence electrons. The maximum atomic E-state index is 13.6. The fourth-order valence-corrected chi connectivity index (χ4v) is 2.06. The van der Waals surface area contributed by atoms with Crippen molar-refractivity contribution in [2.45, 2.75) is 25.7 Å². The molecule has 16 heavy (non-hydrogen) atoms. The van der Waals surface area contributed by atoms with E-state index < -0.39 is 17.4 Å². The Morgan fingerprint density at radius 2 is 1.88 bits per heavy atom. The van der Waals surface area contributed by atoms with Crippen LogP contribution in [0.3, 0.4) is 0 Å². The van der Waals surface area contributed by atoms with Gasteiger partial charge in [0.1, 0.15) is 0 Å². The number of phenols is 1. The lowest BCUT2D eigenvalue weighted by atomic mass is 9.85. The van der Waals surface area contributed by atoms with Crippen molar-refractivity contribution in [3.63, 3.8) is 0 Å². The van der Waals surface area contributed by atoms with Crippen LogP contribution >= 0.6 is 0 Å². The fourth-order valence-electron chi connectivity index (χ4n) is 2.06. The maximum Gasteiger partial charge on any atom is 0.200 e. The van der Waals surface area contributed by atoms with Crippen molar-refractivity contribution in [1.29, 1.82) is 0 Å². The van der Waals surface area contributed by atoms with Gasteiger partial charge in [-0.25, -0.2) is 4.39 Å². The number of hydrogen-bond acceptors (Lipinski definition) is 1. The van der Waals surface area contributed by atoms with Gasteiger partial charge in [-0.2, -0.15) is 4.39 Å². The first kappa shape index (κ1) is 11.1. The minimum Gasteiger partial charge on any atom is -0.505 e. The van der Waals surface area contributed by atoms with E-state index in [1.165, 1.54) is 12.1 Å². The predicted molar refractivity (Wildman–Crippen MR) is 58.3 cm³/mol. The number of phenolic OH excluding ortho intramolecular Hbond substituents is 1. The highest BCUT2D eigenvalue weighted by Crippen LogP contribution is 2.34. The second-order valence-corrected chi connectivity index (χ2v) is 4.35. The molecule has 1 aromatic carbocycles. The lowest BCUT2D eigenvalue weighted by Gasteiger charge is -2.21. The highest BCUT2D eigenvalue weighted by atomic mass is 19.2. The second kappa shape index (κ2) is 4.24. The van der Waals surface area contributed by atoms with Crippen molar-refractivity contribution >= 4 is 0 Å². The number of allylic oxidation sites excluding steroid dienone is 2. The van der Waals surface area contributed by atoms with Crippen LogP contribution in [0.2, 0.25) is 0 Å². The quantitative estimate of drug-likeness (QED) is 0.720. The van der Waals surface area contributed by atoms with Crippen molar-refractivity contribution in [1.82, 2.24) is 0 Å². The molecule has 0 radical (unpaired) electrons. The van der Waals surface area contributed by atoms with Crippen molar-refractivity contribution < 1.29 is 13.9 Å². The van der Waals surface area contributed by atoms with E-state index in [1.807, 2.05) is 12.2 Å². The molecule has 0 fully saturated rings. The van der Waals surface area contributed by atoms with Gasteiger partial charge in [-0.1, -0.05) is 25.1 Å². The molecule has 2 atom stereocenters. The average Bonchev–Trinajstić information content (AvgIpc) is 2.28. The zero-order chi connectivity index (χ0) is 11.7. The summed E-state index contributed by atoms with van der Waals surface area (Å²) >= 11 is 0. The minimum atomic E-state index is -1.15. The summed E-state index contributed by atoms with van der Waals surface area (Å²) in [4.78, 5) is 0. The molecule has 2 rings (SSSR count). The Balaban J connectivity index is 2.35. The molecule has 1 aliphatic rings. The van der Waals surface area contributed by atoms with E-state index in [9.17, 15) is 8.78 Å². The van der Waals surface area contributed by atoms with E-state index in [2.05, 4.69) is 6.92 Å². The van der Waals surface area contributed by atoms with E-state index >= 15 is 0 Å². The first-order chi connectivity index (χ1) is 7.59. The van der Waals surface area contributed by atoms with Crippen molar-refractivity contribution in [2.75, 3.05) is 0 Å². The van der Waals surface area contributed by atoms with Gasteiger partial charge in [0.25, 0.3) is 0 Å². The first-order valence-electron chi connectivity index (χ1n) is 5.44. The molecule has 3 heteroatoms. The summed E-state index contributed by atoms with van der Waals surface area (Å²) in [7, 11) is 0. The summed E-state index contributed by atoms with van der Waals surface area (Å²) in [6, 6.07) is 2.67. The minimum absolute atomic E-state index is 0.0775. The van der Waals surface area contributed by atoms with Crippen LogP contribution in [-0.2, 0) is 0 Å². The molecule has 0 saturated heterocycles. The van der Waals surface area contributed by atoms with Crippen LogP contribution in [0.5, 0.6) is 5.75 Å². The molecule has 0 heterocycles. The summed E-state index contributed by atoms with van der Waals surface area (Å²) in [6.45, 7) is 2.10. The Morgan fingerprint density at radius 1 is 1.12 bits per heavy atom. The zero-order valence-corrected chi connectivity index (χ0v) is 9.08. The fraction of sp³-hybridized carbons (Fsp3) is 0.385. The van der Waals surface area contributed by atoms with Crippen molar-refractivity contribution in [3.8, 4) is 5.75 Å². The van der Waals surface area contributed by atoms with Crippen LogP contribution in [-0.4, -0.2) is 5.11 Å². The van der Waals surface area contributed by atoms with E-state index in [0.717, 1.165) is 12.8 Å². The summed E-state index contributed by atoms with van der Waals surface area (Å²) in [6.07, 6.45) is 5.74. The van der Waals surface area contributed by atoms with Gasteiger partial charge in [-0.3, -0.25) is 0 Å². The lowest BCUT2D eigenvalue weighted by molar-refractivity contribution is 0.400. The Kier molecular flexibility index (Phi) is 2.95. The Hall–Kier alpha value is -1.38. The normalized spacial score (nSPS) is 24.7. The zero-order valence-electron chi connectivity index (χ0n) is 9.08. The van der Waals surface area contributed by atoms with Gasteiger partial charge in [0.15, 0.2) is 11.6 Å². The summed E-state index contributed by atoms with van der Waals surface area (Å²) in [5, 5.41) is 9.03. The van der Waals surface area contributed by atoms with Gasteiger partial charge >= 0.3 is 0 Å². The van der Waals surface area contributed by atoms with Gasteiger partial charge in [-0.05, 0) is 30.4 Å². The summed E-state index contributed by atoms with van der Waals surface area (Å²) < 4.78 is 26.7. The smallest absolute Gasteiger partial charge is 0.200 e. The van der Waals surface area contributed by atoms with E-state index in [4.69, 9.17) is 5.11 Å². The lowest BCUT2D eigenvalue weighted by Crippen LogP contribution is -2.07. The molecule has 0 aromatic heterocycles. The molecule has 0 spiro atoms. The third-order valence-electron chi connectivity index (χ3n) is 3.10. The van der Waals surface area contributed by atoms with Gasteiger partial charge in [-0.15, -0.1) is 0 Å².